The third kappa shape index (κ3) is 4.73. The number of methoxy groups -OCH3 is 1. The molecule has 1 unspecified atom stereocenters. The molecule has 1 saturated carbocycles. The van der Waals surface area contributed by atoms with Crippen molar-refractivity contribution in [2.75, 3.05) is 21.2 Å². The van der Waals surface area contributed by atoms with E-state index in [-0.39, 0.29) is 18.1 Å². The molecule has 1 atom stereocenters. The van der Waals surface area contributed by atoms with Crippen molar-refractivity contribution in [2.24, 2.45) is 0 Å². The van der Waals surface area contributed by atoms with E-state index in [1.807, 2.05) is 38.4 Å². The van der Waals surface area contributed by atoms with E-state index in [1.54, 1.807) is 7.11 Å². The van der Waals surface area contributed by atoms with Gasteiger partial charge in [-0.3, -0.25) is 4.79 Å². The Bertz CT molecular complexity index is 481. The minimum absolute atomic E-state index is 0.00573. The predicted molar refractivity (Wildman–Crippen MR) is 87.0 cm³/mol. The largest absolute Gasteiger partial charge is 0.497 e. The monoisotopic (exact) mass is 305 g/mol. The first-order valence-corrected chi connectivity index (χ1v) is 8.10. The molecule has 0 radical (unpaired) electrons. The molecule has 0 N–H and O–H groups in total. The summed E-state index contributed by atoms with van der Waals surface area (Å²) in [7, 11) is 5.62. The summed E-state index contributed by atoms with van der Waals surface area (Å²) in [5, 5.41) is 0. The molecule has 0 saturated heterocycles. The first kappa shape index (κ1) is 16.8. The summed E-state index contributed by atoms with van der Waals surface area (Å²) >= 11 is 0. The van der Waals surface area contributed by atoms with Gasteiger partial charge in [-0.2, -0.15) is 0 Å². The zero-order valence-corrected chi connectivity index (χ0v) is 13.9. The molecule has 0 aromatic heterocycles. The first-order valence-electron chi connectivity index (χ1n) is 8.10. The Labute approximate surface area is 133 Å². The molecule has 4 heteroatoms. The maximum atomic E-state index is 12.3. The highest BCUT2D eigenvalue weighted by Crippen LogP contribution is 2.27. The standard InChI is InChI=1S/C18H27NO3/c1-19(2)17(14-8-7-11-16(12-14)21-3)13-18(20)22-15-9-5-4-6-10-15/h7-8,11-12,15,17H,4-6,9-10,13H2,1-3H3. The molecule has 0 spiro atoms. The van der Waals surface area contributed by atoms with E-state index in [2.05, 4.69) is 4.90 Å². The average molecular weight is 305 g/mol. The lowest BCUT2D eigenvalue weighted by Gasteiger charge is -2.26. The molecule has 22 heavy (non-hydrogen) atoms. The van der Waals surface area contributed by atoms with Crippen molar-refractivity contribution < 1.29 is 14.3 Å². The molecular weight excluding hydrogens is 278 g/mol. The highest BCUT2D eigenvalue weighted by Gasteiger charge is 2.23. The van der Waals surface area contributed by atoms with Gasteiger partial charge in [-0.1, -0.05) is 18.6 Å². The predicted octanol–water partition coefficient (Wildman–Crippen LogP) is 3.56. The van der Waals surface area contributed by atoms with Crippen molar-refractivity contribution in [3.8, 4) is 5.75 Å². The molecule has 122 valence electrons. The van der Waals surface area contributed by atoms with E-state index in [1.165, 1.54) is 19.3 Å². The highest BCUT2D eigenvalue weighted by molar-refractivity contribution is 5.70. The summed E-state index contributed by atoms with van der Waals surface area (Å²) in [6.45, 7) is 0. The van der Waals surface area contributed by atoms with Crippen LogP contribution in [0.1, 0.15) is 50.1 Å². The highest BCUT2D eigenvalue weighted by atomic mass is 16.5. The summed E-state index contributed by atoms with van der Waals surface area (Å²) in [4.78, 5) is 14.3. The second-order valence-electron chi connectivity index (χ2n) is 6.21. The van der Waals surface area contributed by atoms with Gasteiger partial charge >= 0.3 is 5.97 Å². The van der Waals surface area contributed by atoms with Gasteiger partial charge in [0.15, 0.2) is 0 Å². The molecule has 1 aromatic carbocycles. The van der Waals surface area contributed by atoms with Crippen LogP contribution in [0.2, 0.25) is 0 Å². The Hall–Kier alpha value is -1.55. The third-order valence-corrected chi connectivity index (χ3v) is 4.31. The van der Waals surface area contributed by atoms with Crippen LogP contribution in [0.3, 0.4) is 0 Å². The minimum Gasteiger partial charge on any atom is -0.497 e. The van der Waals surface area contributed by atoms with Crippen molar-refractivity contribution in [3.05, 3.63) is 29.8 Å². The number of hydrogen-bond donors (Lipinski definition) is 0. The van der Waals surface area contributed by atoms with Crippen molar-refractivity contribution in [3.63, 3.8) is 0 Å². The van der Waals surface area contributed by atoms with Gasteiger partial charge in [0.25, 0.3) is 0 Å². The van der Waals surface area contributed by atoms with Gasteiger partial charge in [0.1, 0.15) is 11.9 Å². The molecule has 0 heterocycles. The third-order valence-electron chi connectivity index (χ3n) is 4.31. The fourth-order valence-corrected chi connectivity index (χ4v) is 3.02. The van der Waals surface area contributed by atoms with Crippen LogP contribution >= 0.6 is 0 Å². The molecule has 0 amide bonds. The van der Waals surface area contributed by atoms with Crippen molar-refractivity contribution in [1.82, 2.24) is 4.90 Å². The Balaban J connectivity index is 1.99. The number of esters is 1. The maximum Gasteiger partial charge on any atom is 0.308 e. The summed E-state index contributed by atoms with van der Waals surface area (Å²) in [6, 6.07) is 7.89. The van der Waals surface area contributed by atoms with Crippen LogP contribution in [-0.4, -0.2) is 38.2 Å². The molecule has 0 aliphatic heterocycles. The molecule has 4 nitrogen and oxygen atoms in total. The lowest BCUT2D eigenvalue weighted by molar-refractivity contribution is -0.151. The lowest BCUT2D eigenvalue weighted by Crippen LogP contribution is -2.27. The summed E-state index contributed by atoms with van der Waals surface area (Å²) < 4.78 is 10.9. The zero-order chi connectivity index (χ0) is 15.9. The first-order chi connectivity index (χ1) is 10.6. The summed E-state index contributed by atoms with van der Waals surface area (Å²) in [6.07, 6.45) is 6.12. The zero-order valence-electron chi connectivity index (χ0n) is 13.9. The minimum atomic E-state index is -0.103. The molecule has 0 bridgehead atoms. The summed E-state index contributed by atoms with van der Waals surface area (Å²) in [5.74, 6) is 0.707. The fraction of sp³-hybridized carbons (Fsp3) is 0.611. The number of benzene rings is 1. The number of carbonyl (C=O) groups is 1. The van der Waals surface area contributed by atoms with E-state index >= 15 is 0 Å². The second kappa shape index (κ2) is 8.18. The normalized spacial score (nSPS) is 17.3. The second-order valence-corrected chi connectivity index (χ2v) is 6.21. The average Bonchev–Trinajstić information content (AvgIpc) is 2.53. The SMILES string of the molecule is COc1cccc(C(CC(=O)OC2CCCCC2)N(C)C)c1. The number of ether oxygens (including phenoxy) is 2. The van der Waals surface area contributed by atoms with Crippen LogP contribution in [0.25, 0.3) is 0 Å². The van der Waals surface area contributed by atoms with E-state index in [9.17, 15) is 4.79 Å². The number of rotatable bonds is 6. The van der Waals surface area contributed by atoms with Crippen LogP contribution in [0, 0.1) is 0 Å². The van der Waals surface area contributed by atoms with Crippen LogP contribution < -0.4 is 4.74 Å². The smallest absolute Gasteiger partial charge is 0.308 e. The molecule has 1 aromatic rings. The topological polar surface area (TPSA) is 38.8 Å². The van der Waals surface area contributed by atoms with Gasteiger partial charge in [0.2, 0.25) is 0 Å². The van der Waals surface area contributed by atoms with Crippen LogP contribution in [-0.2, 0) is 9.53 Å². The number of nitrogens with zero attached hydrogens (tertiary/aromatic N) is 1. The number of hydrogen-bond acceptors (Lipinski definition) is 4. The van der Waals surface area contributed by atoms with E-state index < -0.39 is 0 Å². The van der Waals surface area contributed by atoms with Crippen molar-refractivity contribution in [1.29, 1.82) is 0 Å². The van der Waals surface area contributed by atoms with Gasteiger partial charge in [-0.25, -0.2) is 0 Å². The van der Waals surface area contributed by atoms with Crippen molar-refractivity contribution >= 4 is 5.97 Å². The van der Waals surface area contributed by atoms with Crippen LogP contribution in [0.15, 0.2) is 24.3 Å². The Morgan fingerprint density at radius 2 is 2.00 bits per heavy atom. The Kier molecular flexibility index (Phi) is 6.25. The summed E-state index contributed by atoms with van der Waals surface area (Å²) in [5.41, 5.74) is 1.07. The van der Waals surface area contributed by atoms with E-state index in [0.29, 0.717) is 6.42 Å². The molecular formula is C18H27NO3. The van der Waals surface area contributed by atoms with Crippen LogP contribution in [0.4, 0.5) is 0 Å². The molecule has 1 fully saturated rings. The van der Waals surface area contributed by atoms with Gasteiger partial charge < -0.3 is 14.4 Å². The van der Waals surface area contributed by atoms with Gasteiger partial charge in [0.05, 0.1) is 13.5 Å². The van der Waals surface area contributed by atoms with E-state index in [4.69, 9.17) is 9.47 Å². The quantitative estimate of drug-likeness (QED) is 0.753. The Morgan fingerprint density at radius 3 is 2.64 bits per heavy atom. The lowest BCUT2D eigenvalue weighted by atomic mass is 9.97. The van der Waals surface area contributed by atoms with Gasteiger partial charge in [0, 0.05) is 6.04 Å². The molecule has 1 aliphatic carbocycles. The maximum absolute atomic E-state index is 12.3. The van der Waals surface area contributed by atoms with E-state index in [0.717, 1.165) is 24.2 Å². The van der Waals surface area contributed by atoms with Gasteiger partial charge in [-0.15, -0.1) is 0 Å². The van der Waals surface area contributed by atoms with Crippen LogP contribution in [0.5, 0.6) is 5.75 Å². The van der Waals surface area contributed by atoms with Gasteiger partial charge in [-0.05, 0) is 57.5 Å². The number of carbonyl (C=O) groups excluding carboxylic acids is 1. The molecule has 1 aliphatic rings. The van der Waals surface area contributed by atoms with Crippen molar-refractivity contribution in [2.45, 2.75) is 50.7 Å². The Morgan fingerprint density at radius 1 is 1.27 bits per heavy atom. The fourth-order valence-electron chi connectivity index (χ4n) is 3.02. The molecule has 2 rings (SSSR count).